The van der Waals surface area contributed by atoms with E-state index in [1.165, 1.54) is 0 Å². The van der Waals surface area contributed by atoms with Gasteiger partial charge in [0.2, 0.25) is 0 Å². The standard InChI is InChI=1S/C18H26O4/c1-16(2,3)12-9-13-18(21-22-18)15(19)20-17(4,5)14-10-7-6-8-11-14/h6-8,10-11H,9,12-13H2,1-5H3. The van der Waals surface area contributed by atoms with Gasteiger partial charge in [-0.15, -0.1) is 0 Å². The second kappa shape index (κ2) is 6.01. The summed E-state index contributed by atoms with van der Waals surface area (Å²) in [6.07, 6.45) is 2.37. The quantitative estimate of drug-likeness (QED) is 0.446. The molecule has 1 aromatic carbocycles. The fraction of sp³-hybridized carbons (Fsp3) is 0.611. The fourth-order valence-electron chi connectivity index (χ4n) is 2.36. The molecule has 4 heteroatoms. The Morgan fingerprint density at radius 3 is 2.18 bits per heavy atom. The third-order valence-electron chi connectivity index (χ3n) is 3.85. The van der Waals surface area contributed by atoms with E-state index in [1.54, 1.807) is 0 Å². The molecule has 1 heterocycles. The summed E-state index contributed by atoms with van der Waals surface area (Å²) in [4.78, 5) is 22.4. The normalized spacial score (nSPS) is 17.1. The Hall–Kier alpha value is -1.39. The molecule has 0 bridgehead atoms. The van der Waals surface area contributed by atoms with Crippen LogP contribution in [0.2, 0.25) is 0 Å². The zero-order valence-electron chi connectivity index (χ0n) is 14.1. The minimum atomic E-state index is -1.20. The third kappa shape index (κ3) is 4.31. The van der Waals surface area contributed by atoms with Crippen LogP contribution >= 0.6 is 0 Å². The summed E-state index contributed by atoms with van der Waals surface area (Å²) in [5, 5.41) is 0. The molecular formula is C18H26O4. The van der Waals surface area contributed by atoms with Crippen LogP contribution in [-0.2, 0) is 24.9 Å². The van der Waals surface area contributed by atoms with E-state index in [-0.39, 0.29) is 5.41 Å². The van der Waals surface area contributed by atoms with Crippen LogP contribution in [0.4, 0.5) is 0 Å². The van der Waals surface area contributed by atoms with Crippen molar-refractivity contribution >= 4 is 5.97 Å². The Bertz CT molecular complexity index is 510. The molecule has 0 N–H and O–H groups in total. The van der Waals surface area contributed by atoms with Gasteiger partial charge < -0.3 is 4.74 Å². The van der Waals surface area contributed by atoms with Gasteiger partial charge in [-0.25, -0.2) is 4.79 Å². The molecule has 1 aliphatic rings. The zero-order valence-corrected chi connectivity index (χ0v) is 14.1. The van der Waals surface area contributed by atoms with E-state index in [2.05, 4.69) is 20.8 Å². The van der Waals surface area contributed by atoms with Crippen molar-refractivity contribution in [1.29, 1.82) is 0 Å². The molecule has 0 spiro atoms. The van der Waals surface area contributed by atoms with Crippen LogP contribution in [0, 0.1) is 5.41 Å². The number of carbonyl (C=O) groups excluding carboxylic acids is 1. The summed E-state index contributed by atoms with van der Waals surface area (Å²) < 4.78 is 5.64. The first-order valence-corrected chi connectivity index (χ1v) is 7.81. The Kier molecular flexibility index (Phi) is 4.64. The first-order valence-electron chi connectivity index (χ1n) is 7.81. The largest absolute Gasteiger partial charge is 0.451 e. The van der Waals surface area contributed by atoms with E-state index < -0.39 is 17.4 Å². The highest BCUT2D eigenvalue weighted by molar-refractivity contribution is 5.79. The molecular weight excluding hydrogens is 280 g/mol. The Labute approximate surface area is 132 Å². The maximum atomic E-state index is 12.4. The lowest BCUT2D eigenvalue weighted by Crippen LogP contribution is -2.34. The highest BCUT2D eigenvalue weighted by Crippen LogP contribution is 2.40. The zero-order chi connectivity index (χ0) is 16.4. The number of carbonyl (C=O) groups is 1. The second-order valence-electron chi connectivity index (χ2n) is 7.60. The van der Waals surface area contributed by atoms with Crippen LogP contribution in [0.5, 0.6) is 0 Å². The first kappa shape index (κ1) is 17.0. The summed E-state index contributed by atoms with van der Waals surface area (Å²) in [6, 6.07) is 9.66. The minimum absolute atomic E-state index is 0.225. The Morgan fingerprint density at radius 1 is 1.09 bits per heavy atom. The lowest BCUT2D eigenvalue weighted by molar-refractivity contribution is -0.165. The molecule has 0 amide bonds. The number of ether oxygens (including phenoxy) is 1. The average Bonchev–Trinajstić information content (AvgIpc) is 3.19. The summed E-state index contributed by atoms with van der Waals surface area (Å²) in [7, 11) is 0. The van der Waals surface area contributed by atoms with E-state index in [4.69, 9.17) is 14.5 Å². The van der Waals surface area contributed by atoms with E-state index in [9.17, 15) is 4.79 Å². The topological polar surface area (TPSA) is 51.4 Å². The van der Waals surface area contributed by atoms with Crippen molar-refractivity contribution in [1.82, 2.24) is 0 Å². The molecule has 0 unspecified atom stereocenters. The van der Waals surface area contributed by atoms with Gasteiger partial charge in [-0.3, -0.25) is 0 Å². The first-order chi connectivity index (χ1) is 10.1. The lowest BCUT2D eigenvalue weighted by Gasteiger charge is -2.26. The molecule has 0 atom stereocenters. The molecule has 0 aromatic heterocycles. The number of benzene rings is 1. The van der Waals surface area contributed by atoms with Gasteiger partial charge in [-0.05, 0) is 37.7 Å². The maximum absolute atomic E-state index is 12.4. The van der Waals surface area contributed by atoms with Gasteiger partial charge in [0.05, 0.1) is 0 Å². The van der Waals surface area contributed by atoms with Crippen LogP contribution in [-0.4, -0.2) is 11.8 Å². The molecule has 1 aromatic rings. The molecule has 1 fully saturated rings. The van der Waals surface area contributed by atoms with E-state index in [0.717, 1.165) is 18.4 Å². The summed E-state index contributed by atoms with van der Waals surface area (Å²) in [5.74, 6) is -1.65. The summed E-state index contributed by atoms with van der Waals surface area (Å²) in [6.45, 7) is 10.2. The van der Waals surface area contributed by atoms with Crippen LogP contribution in [0.15, 0.2) is 30.3 Å². The molecule has 0 saturated carbocycles. The number of hydrogen-bond acceptors (Lipinski definition) is 4. The predicted molar refractivity (Wildman–Crippen MR) is 83.8 cm³/mol. The van der Waals surface area contributed by atoms with Crippen LogP contribution < -0.4 is 0 Å². The predicted octanol–water partition coefficient (Wildman–Crippen LogP) is 4.34. The van der Waals surface area contributed by atoms with Crippen molar-refractivity contribution in [3.05, 3.63) is 35.9 Å². The van der Waals surface area contributed by atoms with Gasteiger partial charge in [0.15, 0.2) is 0 Å². The highest BCUT2D eigenvalue weighted by Gasteiger charge is 2.59. The van der Waals surface area contributed by atoms with Crippen molar-refractivity contribution in [2.75, 3.05) is 0 Å². The molecule has 0 aliphatic carbocycles. The van der Waals surface area contributed by atoms with Crippen LogP contribution in [0.3, 0.4) is 0 Å². The number of hydrogen-bond donors (Lipinski definition) is 0. The van der Waals surface area contributed by atoms with Crippen molar-refractivity contribution in [3.63, 3.8) is 0 Å². The van der Waals surface area contributed by atoms with Crippen LogP contribution in [0.1, 0.15) is 59.4 Å². The Morgan fingerprint density at radius 2 is 1.68 bits per heavy atom. The summed E-state index contributed by atoms with van der Waals surface area (Å²) >= 11 is 0. The average molecular weight is 306 g/mol. The number of esters is 1. The van der Waals surface area contributed by atoms with Gasteiger partial charge >= 0.3 is 11.8 Å². The molecule has 22 heavy (non-hydrogen) atoms. The number of rotatable bonds is 6. The Balaban J connectivity index is 1.94. The lowest BCUT2D eigenvalue weighted by atomic mass is 9.89. The van der Waals surface area contributed by atoms with Crippen molar-refractivity contribution in [2.45, 2.75) is 65.3 Å². The fourth-order valence-corrected chi connectivity index (χ4v) is 2.36. The molecule has 4 nitrogen and oxygen atoms in total. The van der Waals surface area contributed by atoms with E-state index >= 15 is 0 Å². The van der Waals surface area contributed by atoms with Crippen LogP contribution in [0.25, 0.3) is 0 Å². The van der Waals surface area contributed by atoms with Gasteiger partial charge in [0, 0.05) is 6.42 Å². The van der Waals surface area contributed by atoms with Gasteiger partial charge in [0.25, 0.3) is 0 Å². The SMILES string of the molecule is CC(C)(C)CCCC1(C(=O)OC(C)(C)c2ccccc2)OO1. The van der Waals surface area contributed by atoms with Gasteiger partial charge in [-0.1, -0.05) is 51.1 Å². The molecule has 2 rings (SSSR count). The van der Waals surface area contributed by atoms with Gasteiger partial charge in [-0.2, -0.15) is 9.78 Å². The smallest absolute Gasteiger partial charge is 0.373 e. The molecule has 1 aliphatic heterocycles. The third-order valence-corrected chi connectivity index (χ3v) is 3.85. The monoisotopic (exact) mass is 306 g/mol. The molecule has 0 radical (unpaired) electrons. The molecule has 1 saturated heterocycles. The summed E-state index contributed by atoms with van der Waals surface area (Å²) in [5.41, 5.74) is 0.447. The second-order valence-corrected chi connectivity index (χ2v) is 7.60. The molecule has 122 valence electrons. The van der Waals surface area contributed by atoms with Crippen molar-refractivity contribution in [2.24, 2.45) is 5.41 Å². The van der Waals surface area contributed by atoms with E-state index in [0.29, 0.717) is 6.42 Å². The maximum Gasteiger partial charge on any atom is 0.373 e. The van der Waals surface area contributed by atoms with Gasteiger partial charge in [0.1, 0.15) is 5.60 Å². The van der Waals surface area contributed by atoms with E-state index in [1.807, 2.05) is 44.2 Å². The highest BCUT2D eigenvalue weighted by atomic mass is 17.4. The minimum Gasteiger partial charge on any atom is -0.451 e. The van der Waals surface area contributed by atoms with Crippen molar-refractivity contribution < 1.29 is 19.3 Å². The van der Waals surface area contributed by atoms with Crippen molar-refractivity contribution in [3.8, 4) is 0 Å².